The van der Waals surface area contributed by atoms with Crippen molar-refractivity contribution in [1.29, 1.82) is 0 Å². The van der Waals surface area contributed by atoms with Crippen LogP contribution in [0.25, 0.3) is 0 Å². The lowest BCUT2D eigenvalue weighted by Gasteiger charge is -2.08. The summed E-state index contributed by atoms with van der Waals surface area (Å²) in [5.41, 5.74) is -0.0474. The van der Waals surface area contributed by atoms with Crippen LogP contribution >= 0.6 is 0 Å². The first-order valence-electron chi connectivity index (χ1n) is 6.66. The fourth-order valence-electron chi connectivity index (χ4n) is 4.54. The normalized spacial score (nSPS) is 39.8. The summed E-state index contributed by atoms with van der Waals surface area (Å²) < 4.78 is 26.7. The molecule has 3 heteroatoms. The number of benzene rings is 1. The molecular weight excluding hydrogens is 234 g/mol. The molecule has 1 nitrogen and oxygen atoms in total. The number of halogens is 2. The van der Waals surface area contributed by atoms with Crippen molar-refractivity contribution in [3.05, 3.63) is 35.4 Å². The summed E-state index contributed by atoms with van der Waals surface area (Å²) >= 11 is 0. The Labute approximate surface area is 104 Å². The fraction of sp³-hybridized carbons (Fsp3) is 0.533. The SMILES string of the molecule is O=C(c1cc(F)ccc1F)C1C2C3CCC(C3)C12. The zero-order valence-electron chi connectivity index (χ0n) is 9.90. The molecule has 3 aliphatic rings. The van der Waals surface area contributed by atoms with Gasteiger partial charge in [0.25, 0.3) is 0 Å². The molecule has 0 radical (unpaired) electrons. The van der Waals surface area contributed by atoms with Gasteiger partial charge in [0.05, 0.1) is 5.56 Å². The number of fused-ring (bicyclic) bond motifs is 5. The Balaban J connectivity index is 1.64. The second-order valence-corrected chi connectivity index (χ2v) is 6.00. The Morgan fingerprint density at radius 3 is 2.44 bits per heavy atom. The van der Waals surface area contributed by atoms with Crippen LogP contribution in [0.5, 0.6) is 0 Å². The molecule has 1 aromatic carbocycles. The average molecular weight is 248 g/mol. The molecule has 0 spiro atoms. The van der Waals surface area contributed by atoms with Crippen molar-refractivity contribution in [2.24, 2.45) is 29.6 Å². The fourth-order valence-corrected chi connectivity index (χ4v) is 4.54. The minimum atomic E-state index is -0.585. The van der Waals surface area contributed by atoms with Crippen molar-refractivity contribution in [2.45, 2.75) is 19.3 Å². The van der Waals surface area contributed by atoms with E-state index in [1.165, 1.54) is 19.3 Å². The summed E-state index contributed by atoms with van der Waals surface area (Å²) in [5.74, 6) is 0.979. The number of carbonyl (C=O) groups excluding carboxylic acids is 1. The van der Waals surface area contributed by atoms with Crippen LogP contribution in [0, 0.1) is 41.2 Å². The van der Waals surface area contributed by atoms with Crippen LogP contribution in [0.15, 0.2) is 18.2 Å². The average Bonchev–Trinajstić information content (AvgIpc) is 2.79. The molecule has 3 fully saturated rings. The van der Waals surface area contributed by atoms with Gasteiger partial charge in [0.2, 0.25) is 0 Å². The molecule has 4 atom stereocenters. The van der Waals surface area contributed by atoms with Crippen molar-refractivity contribution in [1.82, 2.24) is 0 Å². The van der Waals surface area contributed by atoms with Gasteiger partial charge in [0, 0.05) is 5.92 Å². The highest BCUT2D eigenvalue weighted by molar-refractivity contribution is 6.00. The number of rotatable bonds is 2. The molecule has 94 valence electrons. The van der Waals surface area contributed by atoms with Gasteiger partial charge in [0.1, 0.15) is 11.6 Å². The molecule has 0 N–H and O–H groups in total. The van der Waals surface area contributed by atoms with Crippen molar-refractivity contribution >= 4 is 5.78 Å². The lowest BCUT2D eigenvalue weighted by molar-refractivity contribution is 0.0940. The predicted molar refractivity (Wildman–Crippen MR) is 62.0 cm³/mol. The van der Waals surface area contributed by atoms with Gasteiger partial charge in [-0.3, -0.25) is 4.79 Å². The van der Waals surface area contributed by atoms with E-state index in [0.717, 1.165) is 18.2 Å². The van der Waals surface area contributed by atoms with E-state index in [2.05, 4.69) is 0 Å². The van der Waals surface area contributed by atoms with Gasteiger partial charge in [-0.25, -0.2) is 8.78 Å². The van der Waals surface area contributed by atoms with Crippen molar-refractivity contribution in [2.75, 3.05) is 0 Å². The van der Waals surface area contributed by atoms with E-state index in [9.17, 15) is 13.6 Å². The molecule has 0 aromatic heterocycles. The van der Waals surface area contributed by atoms with Crippen molar-refractivity contribution < 1.29 is 13.6 Å². The first-order chi connectivity index (χ1) is 8.66. The van der Waals surface area contributed by atoms with Crippen LogP contribution < -0.4 is 0 Å². The molecule has 2 bridgehead atoms. The van der Waals surface area contributed by atoms with Gasteiger partial charge in [-0.2, -0.15) is 0 Å². The third-order valence-corrected chi connectivity index (χ3v) is 5.23. The van der Waals surface area contributed by atoms with Crippen molar-refractivity contribution in [3.63, 3.8) is 0 Å². The van der Waals surface area contributed by atoms with E-state index < -0.39 is 11.6 Å². The Kier molecular flexibility index (Phi) is 2.01. The van der Waals surface area contributed by atoms with E-state index in [1.54, 1.807) is 0 Å². The van der Waals surface area contributed by atoms with Gasteiger partial charge in [-0.1, -0.05) is 0 Å². The minimum Gasteiger partial charge on any atom is -0.294 e. The summed E-state index contributed by atoms with van der Waals surface area (Å²) in [6, 6.07) is 3.16. The van der Waals surface area contributed by atoms with Crippen LogP contribution in [-0.4, -0.2) is 5.78 Å². The zero-order chi connectivity index (χ0) is 12.4. The number of carbonyl (C=O) groups is 1. The number of hydrogen-bond acceptors (Lipinski definition) is 1. The molecule has 4 rings (SSSR count). The molecule has 0 aliphatic heterocycles. The lowest BCUT2D eigenvalue weighted by Crippen LogP contribution is -2.12. The first-order valence-corrected chi connectivity index (χ1v) is 6.66. The maximum absolute atomic E-state index is 13.6. The van der Waals surface area contributed by atoms with Crippen molar-refractivity contribution in [3.8, 4) is 0 Å². The molecule has 3 aliphatic carbocycles. The molecule has 0 amide bonds. The lowest BCUT2D eigenvalue weighted by atomic mass is 9.96. The van der Waals surface area contributed by atoms with Gasteiger partial charge in [-0.05, 0) is 61.1 Å². The third-order valence-electron chi connectivity index (χ3n) is 5.23. The Bertz CT molecular complexity index is 523. The van der Waals surface area contributed by atoms with E-state index in [4.69, 9.17) is 0 Å². The quantitative estimate of drug-likeness (QED) is 0.733. The van der Waals surface area contributed by atoms with E-state index in [0.29, 0.717) is 23.7 Å². The summed E-state index contributed by atoms with van der Waals surface area (Å²) in [7, 11) is 0. The van der Waals surface area contributed by atoms with Crippen LogP contribution in [0.4, 0.5) is 8.78 Å². The minimum absolute atomic E-state index is 0.0208. The van der Waals surface area contributed by atoms with E-state index in [1.807, 2.05) is 0 Å². The first kappa shape index (κ1) is 10.7. The van der Waals surface area contributed by atoms with E-state index in [-0.39, 0.29) is 17.3 Å². The molecule has 3 saturated carbocycles. The number of Topliss-reactive ketones (excluding diaryl/α,β-unsaturated/α-hetero) is 1. The summed E-state index contributed by atoms with van der Waals surface area (Å²) in [5, 5.41) is 0. The van der Waals surface area contributed by atoms with Crippen LogP contribution in [0.3, 0.4) is 0 Å². The maximum atomic E-state index is 13.6. The summed E-state index contributed by atoms with van der Waals surface area (Å²) in [4.78, 5) is 12.3. The Hall–Kier alpha value is -1.25. The monoisotopic (exact) mass is 248 g/mol. The van der Waals surface area contributed by atoms with Gasteiger partial charge in [0.15, 0.2) is 5.78 Å². The van der Waals surface area contributed by atoms with Gasteiger partial charge < -0.3 is 0 Å². The van der Waals surface area contributed by atoms with Gasteiger partial charge in [-0.15, -0.1) is 0 Å². The van der Waals surface area contributed by atoms with Gasteiger partial charge >= 0.3 is 0 Å². The second-order valence-electron chi connectivity index (χ2n) is 6.00. The zero-order valence-corrected chi connectivity index (χ0v) is 9.90. The van der Waals surface area contributed by atoms with E-state index >= 15 is 0 Å². The van der Waals surface area contributed by atoms with Crippen LogP contribution in [0.2, 0.25) is 0 Å². The topological polar surface area (TPSA) is 17.1 Å². The molecular formula is C15H14F2O. The standard InChI is InChI=1S/C15H14F2O/c16-9-3-4-11(17)10(6-9)15(18)14-12-7-1-2-8(5-7)13(12)14/h3-4,6-8,12-14H,1-2,5H2. The predicted octanol–water partition coefficient (Wildman–Crippen LogP) is 3.44. The highest BCUT2D eigenvalue weighted by atomic mass is 19.1. The molecule has 18 heavy (non-hydrogen) atoms. The highest BCUT2D eigenvalue weighted by Gasteiger charge is 2.67. The molecule has 1 aromatic rings. The third kappa shape index (κ3) is 1.28. The smallest absolute Gasteiger partial charge is 0.169 e. The largest absolute Gasteiger partial charge is 0.294 e. The molecule has 0 heterocycles. The summed E-state index contributed by atoms with van der Waals surface area (Å²) in [6.07, 6.45) is 3.70. The second kappa shape index (κ2) is 3.40. The Morgan fingerprint density at radius 1 is 1.11 bits per heavy atom. The number of ketones is 1. The molecule has 0 saturated heterocycles. The van der Waals surface area contributed by atoms with Crippen LogP contribution in [-0.2, 0) is 0 Å². The maximum Gasteiger partial charge on any atom is 0.169 e. The summed E-state index contributed by atoms with van der Waals surface area (Å²) in [6.45, 7) is 0. The van der Waals surface area contributed by atoms with Crippen LogP contribution in [0.1, 0.15) is 29.6 Å². The number of hydrogen-bond donors (Lipinski definition) is 0. The molecule has 4 unspecified atom stereocenters. The highest BCUT2D eigenvalue weighted by Crippen LogP contribution is 2.69. The Morgan fingerprint density at radius 2 is 1.78 bits per heavy atom.